The Morgan fingerprint density at radius 3 is 2.59 bits per heavy atom. The maximum atomic E-state index is 11.8. The topological polar surface area (TPSA) is 75.6 Å². The van der Waals surface area contributed by atoms with Gasteiger partial charge in [0.15, 0.2) is 0 Å². The standard InChI is InChI=1S/C11H12INO4/c1-6(11(15)16)13-10(14)8-4-3-7(17-2)5-9(8)12/h3-6H,1-2H3,(H,13,14)(H,15,16). The molecule has 0 bridgehead atoms. The molecular weight excluding hydrogens is 337 g/mol. The number of aliphatic carboxylic acids is 1. The number of benzene rings is 1. The first-order valence-electron chi connectivity index (χ1n) is 4.83. The molecule has 1 aromatic carbocycles. The minimum absolute atomic E-state index is 0.410. The first kappa shape index (κ1) is 13.8. The second-order valence-corrected chi connectivity index (χ2v) is 4.54. The van der Waals surface area contributed by atoms with Crippen LogP contribution < -0.4 is 10.1 Å². The van der Waals surface area contributed by atoms with Crippen LogP contribution in [-0.2, 0) is 4.79 Å². The van der Waals surface area contributed by atoms with Gasteiger partial charge in [-0.3, -0.25) is 9.59 Å². The fourth-order valence-electron chi connectivity index (χ4n) is 1.14. The van der Waals surface area contributed by atoms with Crippen LogP contribution >= 0.6 is 22.6 Å². The van der Waals surface area contributed by atoms with Gasteiger partial charge < -0.3 is 15.2 Å². The second kappa shape index (κ2) is 5.85. The molecule has 1 atom stereocenters. The molecule has 0 saturated heterocycles. The van der Waals surface area contributed by atoms with E-state index in [1.54, 1.807) is 18.2 Å². The van der Waals surface area contributed by atoms with E-state index >= 15 is 0 Å². The first-order chi connectivity index (χ1) is 7.95. The molecule has 1 aromatic rings. The highest BCUT2D eigenvalue weighted by Crippen LogP contribution is 2.19. The molecule has 0 aliphatic rings. The van der Waals surface area contributed by atoms with Crippen LogP contribution in [0.15, 0.2) is 18.2 Å². The smallest absolute Gasteiger partial charge is 0.325 e. The van der Waals surface area contributed by atoms with Crippen molar-refractivity contribution < 1.29 is 19.4 Å². The Morgan fingerprint density at radius 2 is 2.12 bits per heavy atom. The van der Waals surface area contributed by atoms with Crippen molar-refractivity contribution in [3.8, 4) is 5.75 Å². The predicted molar refractivity (Wildman–Crippen MR) is 70.3 cm³/mol. The molecule has 0 aromatic heterocycles. The van der Waals surface area contributed by atoms with Crippen molar-refractivity contribution in [2.24, 2.45) is 0 Å². The van der Waals surface area contributed by atoms with Crippen LogP contribution in [0, 0.1) is 3.57 Å². The molecule has 0 saturated carbocycles. The fourth-order valence-corrected chi connectivity index (χ4v) is 1.87. The van der Waals surface area contributed by atoms with Crippen LogP contribution in [-0.4, -0.2) is 30.1 Å². The van der Waals surface area contributed by atoms with E-state index in [0.29, 0.717) is 14.9 Å². The van der Waals surface area contributed by atoms with Gasteiger partial charge in [0.25, 0.3) is 5.91 Å². The van der Waals surface area contributed by atoms with E-state index < -0.39 is 17.9 Å². The third kappa shape index (κ3) is 3.58. The summed E-state index contributed by atoms with van der Waals surface area (Å²) in [6, 6.07) is 4.05. The van der Waals surface area contributed by atoms with Crippen LogP contribution in [0.2, 0.25) is 0 Å². The lowest BCUT2D eigenvalue weighted by molar-refractivity contribution is -0.138. The number of carbonyl (C=O) groups excluding carboxylic acids is 1. The van der Waals surface area contributed by atoms with E-state index in [4.69, 9.17) is 9.84 Å². The second-order valence-electron chi connectivity index (χ2n) is 3.38. The lowest BCUT2D eigenvalue weighted by atomic mass is 10.2. The summed E-state index contributed by atoms with van der Waals surface area (Å²) in [5.41, 5.74) is 0.430. The van der Waals surface area contributed by atoms with Gasteiger partial charge in [-0.2, -0.15) is 0 Å². The highest BCUT2D eigenvalue weighted by atomic mass is 127. The molecule has 5 nitrogen and oxygen atoms in total. The largest absolute Gasteiger partial charge is 0.497 e. The number of hydrogen-bond donors (Lipinski definition) is 2. The van der Waals surface area contributed by atoms with E-state index in [1.807, 2.05) is 22.6 Å². The lowest BCUT2D eigenvalue weighted by Gasteiger charge is -2.11. The van der Waals surface area contributed by atoms with Gasteiger partial charge >= 0.3 is 5.97 Å². The maximum Gasteiger partial charge on any atom is 0.325 e. The average Bonchev–Trinajstić information content (AvgIpc) is 2.28. The van der Waals surface area contributed by atoms with Crippen molar-refractivity contribution in [1.82, 2.24) is 5.32 Å². The summed E-state index contributed by atoms with van der Waals surface area (Å²) in [7, 11) is 1.54. The number of carbonyl (C=O) groups is 2. The molecule has 0 aliphatic carbocycles. The number of nitrogens with one attached hydrogen (secondary N) is 1. The first-order valence-corrected chi connectivity index (χ1v) is 5.90. The van der Waals surface area contributed by atoms with Crippen LogP contribution in [0.25, 0.3) is 0 Å². The molecule has 92 valence electrons. The normalized spacial score (nSPS) is 11.7. The van der Waals surface area contributed by atoms with E-state index in [9.17, 15) is 9.59 Å². The highest BCUT2D eigenvalue weighted by Gasteiger charge is 2.17. The van der Waals surface area contributed by atoms with Gasteiger partial charge in [-0.05, 0) is 47.7 Å². The lowest BCUT2D eigenvalue weighted by Crippen LogP contribution is -2.38. The van der Waals surface area contributed by atoms with Gasteiger partial charge in [0.1, 0.15) is 11.8 Å². The molecule has 1 unspecified atom stereocenters. The molecule has 2 N–H and O–H groups in total. The maximum absolute atomic E-state index is 11.8. The highest BCUT2D eigenvalue weighted by molar-refractivity contribution is 14.1. The Morgan fingerprint density at radius 1 is 1.47 bits per heavy atom. The predicted octanol–water partition coefficient (Wildman–Crippen LogP) is 1.50. The van der Waals surface area contributed by atoms with Crippen molar-refractivity contribution in [2.75, 3.05) is 7.11 Å². The Hall–Kier alpha value is -1.31. The third-order valence-electron chi connectivity index (χ3n) is 2.14. The summed E-state index contributed by atoms with van der Waals surface area (Å²) < 4.78 is 5.72. The van der Waals surface area contributed by atoms with E-state index in [1.165, 1.54) is 14.0 Å². The number of carboxylic acids is 1. The van der Waals surface area contributed by atoms with Gasteiger partial charge in [-0.25, -0.2) is 0 Å². The Balaban J connectivity index is 2.86. The molecule has 0 spiro atoms. The summed E-state index contributed by atoms with van der Waals surface area (Å²) in [4.78, 5) is 22.4. The minimum Gasteiger partial charge on any atom is -0.497 e. The van der Waals surface area contributed by atoms with E-state index in [-0.39, 0.29) is 0 Å². The van der Waals surface area contributed by atoms with Crippen molar-refractivity contribution in [2.45, 2.75) is 13.0 Å². The van der Waals surface area contributed by atoms with Crippen molar-refractivity contribution >= 4 is 34.5 Å². The number of ether oxygens (including phenoxy) is 1. The van der Waals surface area contributed by atoms with E-state index in [2.05, 4.69) is 5.32 Å². The number of carboxylic acid groups (broad SMARTS) is 1. The summed E-state index contributed by atoms with van der Waals surface area (Å²) in [6.45, 7) is 1.41. The van der Waals surface area contributed by atoms with Gasteiger partial charge in [-0.1, -0.05) is 0 Å². The summed E-state index contributed by atoms with van der Waals surface area (Å²) >= 11 is 2.00. The number of rotatable bonds is 4. The number of amides is 1. The van der Waals surface area contributed by atoms with Crippen LogP contribution in [0.4, 0.5) is 0 Å². The van der Waals surface area contributed by atoms with Gasteiger partial charge in [0, 0.05) is 3.57 Å². The summed E-state index contributed by atoms with van der Waals surface area (Å²) in [6.07, 6.45) is 0. The Kier molecular flexibility index (Phi) is 4.73. The molecule has 0 radical (unpaired) electrons. The van der Waals surface area contributed by atoms with Crippen LogP contribution in [0.1, 0.15) is 17.3 Å². The molecule has 1 amide bonds. The van der Waals surface area contributed by atoms with Crippen LogP contribution in [0.3, 0.4) is 0 Å². The zero-order valence-electron chi connectivity index (χ0n) is 9.36. The quantitative estimate of drug-likeness (QED) is 0.808. The summed E-state index contributed by atoms with van der Waals surface area (Å²) in [5, 5.41) is 11.1. The average molecular weight is 349 g/mol. The van der Waals surface area contributed by atoms with Crippen molar-refractivity contribution in [3.63, 3.8) is 0 Å². The fraction of sp³-hybridized carbons (Fsp3) is 0.273. The SMILES string of the molecule is COc1ccc(C(=O)NC(C)C(=O)O)c(I)c1. The van der Waals surface area contributed by atoms with Gasteiger partial charge in [0.05, 0.1) is 12.7 Å². The zero-order valence-corrected chi connectivity index (χ0v) is 11.5. The molecule has 0 aliphatic heterocycles. The van der Waals surface area contributed by atoms with Crippen molar-refractivity contribution in [3.05, 3.63) is 27.3 Å². The number of halogens is 1. The molecule has 17 heavy (non-hydrogen) atoms. The molecule has 1 rings (SSSR count). The zero-order chi connectivity index (χ0) is 13.0. The Bertz CT molecular complexity index is 447. The molecule has 0 heterocycles. The van der Waals surface area contributed by atoms with Gasteiger partial charge in [-0.15, -0.1) is 0 Å². The van der Waals surface area contributed by atoms with Crippen LogP contribution in [0.5, 0.6) is 5.75 Å². The molecule has 6 heteroatoms. The Labute approximate surface area is 112 Å². The number of hydrogen-bond acceptors (Lipinski definition) is 3. The number of methoxy groups -OCH3 is 1. The van der Waals surface area contributed by atoms with Crippen molar-refractivity contribution in [1.29, 1.82) is 0 Å². The monoisotopic (exact) mass is 349 g/mol. The molecule has 0 fully saturated rings. The molecular formula is C11H12INO4. The van der Waals surface area contributed by atoms with Gasteiger partial charge in [0.2, 0.25) is 0 Å². The third-order valence-corrected chi connectivity index (χ3v) is 3.03. The minimum atomic E-state index is -1.07. The van der Waals surface area contributed by atoms with E-state index in [0.717, 1.165) is 0 Å². The summed E-state index contributed by atoms with van der Waals surface area (Å²) in [5.74, 6) is -0.828.